The highest BCUT2D eigenvalue weighted by Gasteiger charge is 2.28. The van der Waals surface area contributed by atoms with Gasteiger partial charge in [0.2, 0.25) is 5.91 Å². The molecule has 1 heterocycles. The number of nitrogens with one attached hydrogen (secondary N) is 1. The first kappa shape index (κ1) is 20.7. The maximum absolute atomic E-state index is 11.7. The third-order valence-corrected chi connectivity index (χ3v) is 4.67. The van der Waals surface area contributed by atoms with Crippen LogP contribution in [-0.2, 0) is 4.79 Å². The van der Waals surface area contributed by atoms with Crippen molar-refractivity contribution in [3.05, 3.63) is 60.4 Å². The Kier molecular flexibility index (Phi) is 8.12. The summed E-state index contributed by atoms with van der Waals surface area (Å²) in [4.78, 5) is 22.9. The average Bonchev–Trinajstić information content (AvgIpc) is 2.58. The molecule has 3 N–H and O–H groups in total. The second-order valence-corrected chi connectivity index (χ2v) is 6.64. The van der Waals surface area contributed by atoms with Crippen LogP contribution >= 0.6 is 0 Å². The lowest BCUT2D eigenvalue weighted by Gasteiger charge is -2.26. The fraction of sp³-hybridized carbons (Fsp3) is 0.429. The Morgan fingerprint density at radius 3 is 2.08 bits per heavy atom. The van der Waals surface area contributed by atoms with Gasteiger partial charge in [-0.25, -0.2) is 0 Å². The molecule has 3 rings (SSSR count). The fourth-order valence-corrected chi connectivity index (χ4v) is 2.74. The molecule has 1 amide bonds. The summed E-state index contributed by atoms with van der Waals surface area (Å²) in [6.07, 6.45) is 6.30. The predicted molar refractivity (Wildman–Crippen MR) is 103 cm³/mol. The number of hydrogen-bond acceptors (Lipinski definition) is 3. The Morgan fingerprint density at radius 1 is 1.16 bits per heavy atom. The topological polar surface area (TPSA) is 72.2 Å². The van der Waals surface area contributed by atoms with Gasteiger partial charge in [-0.3, -0.25) is 9.59 Å². The average molecular weight is 342 g/mol. The molecule has 2 atom stereocenters. The van der Waals surface area contributed by atoms with Gasteiger partial charge in [0.05, 0.1) is 5.82 Å². The maximum Gasteiger partial charge on any atom is 0.229 e. The number of rotatable bonds is 2. The van der Waals surface area contributed by atoms with E-state index in [1.54, 1.807) is 12.1 Å². The maximum atomic E-state index is 11.7. The highest BCUT2D eigenvalue weighted by atomic mass is 16.2. The second-order valence-electron chi connectivity index (χ2n) is 6.64. The van der Waals surface area contributed by atoms with Gasteiger partial charge in [-0.2, -0.15) is 0 Å². The first-order valence-corrected chi connectivity index (χ1v) is 8.77. The van der Waals surface area contributed by atoms with Gasteiger partial charge < -0.3 is 11.1 Å². The molecule has 0 bridgehead atoms. The van der Waals surface area contributed by atoms with Gasteiger partial charge in [-0.15, -0.1) is 13.2 Å². The molecule has 1 aliphatic heterocycles. The summed E-state index contributed by atoms with van der Waals surface area (Å²) in [7, 11) is 0. The van der Waals surface area contributed by atoms with Crippen molar-refractivity contribution in [2.75, 3.05) is 0 Å². The third-order valence-electron chi connectivity index (χ3n) is 4.67. The number of Topliss-reactive ketones (excluding diaryl/α,β-unsaturated/α-hetero) is 1. The van der Waals surface area contributed by atoms with Crippen molar-refractivity contribution >= 4 is 11.7 Å². The fourth-order valence-electron chi connectivity index (χ4n) is 2.74. The molecule has 0 spiro atoms. The van der Waals surface area contributed by atoms with E-state index in [4.69, 9.17) is 5.73 Å². The molecule has 136 valence electrons. The molecule has 0 saturated heterocycles. The Balaban J connectivity index is 0.000000376. The zero-order valence-electron chi connectivity index (χ0n) is 15.5. The Hall–Kier alpha value is -2.36. The molecular formula is C21H30N2O2. The number of carbonyl (C=O) groups is 2. The Labute approximate surface area is 151 Å². The molecular weight excluding hydrogens is 312 g/mol. The van der Waals surface area contributed by atoms with Crippen LogP contribution in [0.25, 0.3) is 0 Å². The van der Waals surface area contributed by atoms with E-state index in [0.717, 1.165) is 11.5 Å². The molecule has 25 heavy (non-hydrogen) atoms. The number of benzene rings is 1. The van der Waals surface area contributed by atoms with Crippen molar-refractivity contribution < 1.29 is 9.59 Å². The van der Waals surface area contributed by atoms with E-state index in [1.807, 2.05) is 25.1 Å². The zero-order chi connectivity index (χ0) is 19.0. The first-order valence-electron chi connectivity index (χ1n) is 8.77. The van der Waals surface area contributed by atoms with Crippen LogP contribution in [0.15, 0.2) is 49.3 Å². The van der Waals surface area contributed by atoms with Crippen molar-refractivity contribution in [1.82, 2.24) is 5.32 Å². The molecule has 2 aliphatic rings. The van der Waals surface area contributed by atoms with Crippen LogP contribution in [0, 0.1) is 11.8 Å². The van der Waals surface area contributed by atoms with Gasteiger partial charge in [0, 0.05) is 17.4 Å². The molecule has 1 fully saturated rings. The number of amides is 1. The van der Waals surface area contributed by atoms with Crippen LogP contribution in [0.5, 0.6) is 0 Å². The summed E-state index contributed by atoms with van der Waals surface area (Å²) < 4.78 is 0. The number of allylic oxidation sites excluding steroid dienone is 1. The van der Waals surface area contributed by atoms with Gasteiger partial charge in [-0.05, 0) is 24.5 Å². The molecule has 0 aromatic heterocycles. The number of nitrogens with two attached hydrogens (primary N) is 1. The second kappa shape index (κ2) is 9.82. The molecule has 1 aromatic rings. The van der Waals surface area contributed by atoms with E-state index in [0.29, 0.717) is 11.4 Å². The number of carbonyl (C=O) groups excluding carboxylic acids is 2. The van der Waals surface area contributed by atoms with E-state index in [-0.39, 0.29) is 23.5 Å². The van der Waals surface area contributed by atoms with Gasteiger partial charge in [0.15, 0.2) is 5.78 Å². The van der Waals surface area contributed by atoms with E-state index in [2.05, 4.69) is 25.4 Å². The SMILES string of the molecule is C=C.CC(=O)c1ccc(C2C=C(N)NC(=O)C2C)cc1.CC1CCC1. The lowest BCUT2D eigenvalue weighted by Crippen LogP contribution is -2.39. The van der Waals surface area contributed by atoms with Gasteiger partial charge in [0.1, 0.15) is 0 Å². The van der Waals surface area contributed by atoms with Crippen molar-refractivity contribution in [3.8, 4) is 0 Å². The number of hydrogen-bond donors (Lipinski definition) is 2. The lowest BCUT2D eigenvalue weighted by molar-refractivity contribution is -0.124. The largest absolute Gasteiger partial charge is 0.385 e. The van der Waals surface area contributed by atoms with Crippen molar-refractivity contribution in [2.45, 2.75) is 46.0 Å². The number of ketones is 1. The van der Waals surface area contributed by atoms with Crippen molar-refractivity contribution in [3.63, 3.8) is 0 Å². The van der Waals surface area contributed by atoms with Crippen molar-refractivity contribution in [1.29, 1.82) is 0 Å². The Bertz CT molecular complexity index is 615. The summed E-state index contributed by atoms with van der Waals surface area (Å²) in [5.41, 5.74) is 7.33. The predicted octanol–water partition coefficient (Wildman–Crippen LogP) is 4.15. The Morgan fingerprint density at radius 2 is 1.68 bits per heavy atom. The lowest BCUT2D eigenvalue weighted by atomic mass is 9.84. The quantitative estimate of drug-likeness (QED) is 0.626. The smallest absolute Gasteiger partial charge is 0.229 e. The van der Waals surface area contributed by atoms with E-state index >= 15 is 0 Å². The highest BCUT2D eigenvalue weighted by molar-refractivity contribution is 5.94. The summed E-state index contributed by atoms with van der Waals surface area (Å²) in [6, 6.07) is 7.31. The van der Waals surface area contributed by atoms with E-state index < -0.39 is 0 Å². The first-order chi connectivity index (χ1) is 11.9. The summed E-state index contributed by atoms with van der Waals surface area (Å²) >= 11 is 0. The summed E-state index contributed by atoms with van der Waals surface area (Å²) in [5.74, 6) is 1.20. The minimum Gasteiger partial charge on any atom is -0.385 e. The summed E-state index contributed by atoms with van der Waals surface area (Å²) in [5, 5.41) is 2.60. The van der Waals surface area contributed by atoms with Gasteiger partial charge in [-0.1, -0.05) is 57.4 Å². The highest BCUT2D eigenvalue weighted by Crippen LogP contribution is 2.29. The van der Waals surface area contributed by atoms with Crippen LogP contribution in [0.1, 0.15) is 61.9 Å². The monoisotopic (exact) mass is 342 g/mol. The molecule has 0 radical (unpaired) electrons. The van der Waals surface area contributed by atoms with E-state index in [1.165, 1.54) is 26.2 Å². The molecule has 2 unspecified atom stereocenters. The molecule has 1 aromatic carbocycles. The molecule has 4 nitrogen and oxygen atoms in total. The van der Waals surface area contributed by atoms with Crippen molar-refractivity contribution in [2.24, 2.45) is 17.6 Å². The zero-order valence-corrected chi connectivity index (χ0v) is 15.5. The normalized spacial score (nSPS) is 22.0. The molecule has 1 aliphatic carbocycles. The third kappa shape index (κ3) is 5.89. The minimum absolute atomic E-state index is 0.0334. The minimum atomic E-state index is -0.166. The van der Waals surface area contributed by atoms with Gasteiger partial charge in [0.25, 0.3) is 0 Å². The summed E-state index contributed by atoms with van der Waals surface area (Å²) in [6.45, 7) is 11.7. The van der Waals surface area contributed by atoms with Crippen LogP contribution < -0.4 is 11.1 Å². The standard InChI is InChI=1S/C14H16N2O2.C5H10.C2H4/c1-8-12(7-13(15)16-14(8)18)11-5-3-10(4-6-11)9(2)17;1-5-3-2-4-5;1-2/h3-8,12H,15H2,1-2H3,(H,16,18);5H,2-4H2,1H3;1-2H2. The van der Waals surface area contributed by atoms with Crippen LogP contribution in [0.3, 0.4) is 0 Å². The van der Waals surface area contributed by atoms with Gasteiger partial charge >= 0.3 is 0 Å². The molecule has 4 heteroatoms. The van der Waals surface area contributed by atoms with E-state index in [9.17, 15) is 9.59 Å². The van der Waals surface area contributed by atoms with Crippen LogP contribution in [0.4, 0.5) is 0 Å². The van der Waals surface area contributed by atoms with Crippen LogP contribution in [0.2, 0.25) is 0 Å². The molecule has 1 saturated carbocycles. The van der Waals surface area contributed by atoms with Crippen LogP contribution in [-0.4, -0.2) is 11.7 Å².